The normalized spacial score (nSPS) is 21.9. The van der Waals surface area contributed by atoms with Gasteiger partial charge in [-0.05, 0) is 102 Å². The predicted molar refractivity (Wildman–Crippen MR) is 271 cm³/mol. The molecular formula is C59H50N4O6Zn. The van der Waals surface area contributed by atoms with E-state index in [2.05, 4.69) is 146 Å². The summed E-state index contributed by atoms with van der Waals surface area (Å²) < 4.78 is 38.0. The zero-order valence-electron chi connectivity index (χ0n) is 39.5. The van der Waals surface area contributed by atoms with Gasteiger partial charge < -0.3 is 38.4 Å². The second-order valence-corrected chi connectivity index (χ2v) is 18.7. The number of aromatic nitrogens is 4. The molecule has 3 aromatic heterocycles. The molecule has 0 spiro atoms. The van der Waals surface area contributed by atoms with Crippen LogP contribution in [0.5, 0.6) is 0 Å². The molecule has 5 atom stereocenters. The largest absolute Gasteiger partial charge is 2.00 e. The first-order valence-corrected chi connectivity index (χ1v) is 23.6. The van der Waals surface area contributed by atoms with E-state index >= 15 is 0 Å². The molecule has 0 aliphatic carbocycles. The standard InChI is InChI=1S/C59H50N4O6.Zn/c1-58(2)65-35-48(67-58)54-55(56-57(66-54)69-59(3,4)68-56)64-33-17-26-40-34-47-51(38-22-13-7-14-23-38)45-30-29-43(61-45)49(36-18-9-5-10-19-36)41-27-28-42(60-41)50(37-20-11-6-12-21-37)44-31-32-46(62-44)52(53(40)63-47)39-24-15-8-16-25-39;/h5-32,34,48,54-57H,33,35H2,1-4H3;/q-2;+2/b26-17+,49-41?,49-43?,50-42?,50-44?,51-45?,51-47?,52-46?,53-52?;/t48-,54-,55+,56-,57-;/m1./s1. The van der Waals surface area contributed by atoms with Gasteiger partial charge in [0, 0.05) is 0 Å². The SMILES string of the molecule is CC1(C)O[C@H]2O[C@H]([C@H]3COC(C)(C)O3)[C@H](OC/C=C/c3cc4[n-]c3c(-c3ccccc3)c3nc(c(-c5ccccc5)c5ccc([n-]5)c(-c5ccccc5)c5nc(c4-c4ccccc4)C=C5)C=C3)[C@H]2O1.[Zn+2]. The van der Waals surface area contributed by atoms with Crippen LogP contribution in [0.4, 0.5) is 0 Å². The Labute approximate surface area is 419 Å². The van der Waals surface area contributed by atoms with Gasteiger partial charge in [0.05, 0.1) is 36.0 Å². The van der Waals surface area contributed by atoms with Crippen LogP contribution in [0.1, 0.15) is 56.0 Å². The molecule has 70 heavy (non-hydrogen) atoms. The van der Waals surface area contributed by atoms with Gasteiger partial charge in [-0.3, -0.25) is 0 Å². The summed E-state index contributed by atoms with van der Waals surface area (Å²) in [6, 6.07) is 47.8. The zero-order chi connectivity index (χ0) is 46.7. The molecule has 5 aliphatic rings. The average Bonchev–Trinajstić information content (AvgIpc) is 4.25. The molecule has 4 aromatic carbocycles. The number of hydrogen-bond donors (Lipinski definition) is 0. The number of benzene rings is 4. The molecule has 0 unspecified atom stereocenters. The molecule has 10 nitrogen and oxygen atoms in total. The Bertz CT molecular complexity index is 3330. The minimum absolute atomic E-state index is 0. The summed E-state index contributed by atoms with van der Waals surface area (Å²) in [7, 11) is 0. The monoisotopic (exact) mass is 974 g/mol. The smallest absolute Gasteiger partial charge is 0.657 e. The van der Waals surface area contributed by atoms with E-state index in [0.29, 0.717) is 6.61 Å². The van der Waals surface area contributed by atoms with Crippen molar-refractivity contribution >= 4 is 52.4 Å². The molecule has 11 heteroatoms. The molecule has 3 saturated heterocycles. The number of fused-ring (bicyclic) bond motifs is 9. The Morgan fingerprint density at radius 2 is 1.04 bits per heavy atom. The summed E-state index contributed by atoms with van der Waals surface area (Å²) >= 11 is 0. The second-order valence-electron chi connectivity index (χ2n) is 18.7. The van der Waals surface area contributed by atoms with Gasteiger partial charge in [0.1, 0.15) is 24.4 Å². The quantitative estimate of drug-likeness (QED) is 0.130. The third-order valence-electron chi connectivity index (χ3n) is 13.1. The Balaban J connectivity index is 0.00000533. The third-order valence-corrected chi connectivity index (χ3v) is 13.1. The summed E-state index contributed by atoms with van der Waals surface area (Å²) in [5.41, 5.74) is 14.9. The number of rotatable bonds is 9. The van der Waals surface area contributed by atoms with Gasteiger partial charge >= 0.3 is 19.5 Å². The van der Waals surface area contributed by atoms with Crippen LogP contribution in [0, 0.1) is 0 Å². The van der Waals surface area contributed by atoms with Crippen molar-refractivity contribution in [2.75, 3.05) is 13.2 Å². The van der Waals surface area contributed by atoms with E-state index in [9.17, 15) is 0 Å². The molecular weight excluding hydrogens is 926 g/mol. The molecule has 12 rings (SSSR count). The van der Waals surface area contributed by atoms with Gasteiger partial charge in [-0.15, -0.1) is 22.1 Å². The van der Waals surface area contributed by atoms with Crippen LogP contribution in [-0.2, 0) is 47.9 Å². The Morgan fingerprint density at radius 3 is 1.54 bits per heavy atom. The summed E-state index contributed by atoms with van der Waals surface area (Å²) in [4.78, 5) is 22.0. The summed E-state index contributed by atoms with van der Waals surface area (Å²) in [6.07, 6.45) is 10.2. The summed E-state index contributed by atoms with van der Waals surface area (Å²) in [6.45, 7) is 8.21. The van der Waals surface area contributed by atoms with Crippen LogP contribution in [0.15, 0.2) is 146 Å². The fraction of sp³-hybridized carbons (Fsp3) is 0.220. The van der Waals surface area contributed by atoms with Crippen LogP contribution in [0.3, 0.4) is 0 Å². The van der Waals surface area contributed by atoms with Crippen LogP contribution >= 0.6 is 0 Å². The van der Waals surface area contributed by atoms with Gasteiger partial charge in [-0.25, -0.2) is 9.97 Å². The van der Waals surface area contributed by atoms with E-state index in [4.69, 9.17) is 48.4 Å². The van der Waals surface area contributed by atoms with E-state index < -0.39 is 36.2 Å². The van der Waals surface area contributed by atoms with Crippen molar-refractivity contribution in [3.8, 4) is 44.5 Å². The molecule has 8 bridgehead atoms. The first-order chi connectivity index (χ1) is 33.6. The second kappa shape index (κ2) is 18.7. The predicted octanol–water partition coefficient (Wildman–Crippen LogP) is 12.0. The van der Waals surface area contributed by atoms with E-state index in [1.165, 1.54) is 0 Å². The summed E-state index contributed by atoms with van der Waals surface area (Å²) in [5, 5.41) is 0. The van der Waals surface area contributed by atoms with Crippen molar-refractivity contribution < 1.29 is 47.9 Å². The number of nitrogens with zero attached hydrogens (tertiary/aromatic N) is 4. The van der Waals surface area contributed by atoms with Crippen LogP contribution in [0.25, 0.3) is 97.0 Å². The van der Waals surface area contributed by atoms with Crippen molar-refractivity contribution in [3.05, 3.63) is 174 Å². The average molecular weight is 976 g/mol. The summed E-state index contributed by atoms with van der Waals surface area (Å²) in [5.74, 6) is -1.56. The van der Waals surface area contributed by atoms with E-state index in [0.717, 1.165) is 94.9 Å². The minimum Gasteiger partial charge on any atom is -0.657 e. The van der Waals surface area contributed by atoms with Crippen LogP contribution < -0.4 is 9.97 Å². The third kappa shape index (κ3) is 8.77. The van der Waals surface area contributed by atoms with E-state index in [-0.39, 0.29) is 32.2 Å². The molecule has 5 aliphatic heterocycles. The minimum atomic E-state index is -0.819. The van der Waals surface area contributed by atoms with Gasteiger partial charge in [0.2, 0.25) is 0 Å². The molecule has 0 radical (unpaired) electrons. The van der Waals surface area contributed by atoms with Gasteiger partial charge in [-0.2, -0.15) is 0 Å². The van der Waals surface area contributed by atoms with Crippen molar-refractivity contribution in [1.82, 2.24) is 19.9 Å². The molecule has 3 fully saturated rings. The van der Waals surface area contributed by atoms with Crippen molar-refractivity contribution in [2.24, 2.45) is 0 Å². The van der Waals surface area contributed by atoms with E-state index in [1.807, 2.05) is 58.0 Å². The zero-order valence-corrected chi connectivity index (χ0v) is 42.5. The Morgan fingerprint density at radius 1 is 0.557 bits per heavy atom. The maximum Gasteiger partial charge on any atom is 2.00 e. The topological polar surface area (TPSA) is 109 Å². The molecule has 0 N–H and O–H groups in total. The fourth-order valence-corrected chi connectivity index (χ4v) is 10.1. The molecule has 7 aromatic rings. The van der Waals surface area contributed by atoms with Gasteiger partial charge in [0.15, 0.2) is 17.9 Å². The molecule has 0 amide bonds. The van der Waals surface area contributed by atoms with Crippen LogP contribution in [-0.4, -0.2) is 65.5 Å². The van der Waals surface area contributed by atoms with Gasteiger partial charge in [-0.1, -0.05) is 152 Å². The van der Waals surface area contributed by atoms with Crippen molar-refractivity contribution in [1.29, 1.82) is 0 Å². The van der Waals surface area contributed by atoms with Crippen molar-refractivity contribution in [2.45, 2.75) is 70.0 Å². The Kier molecular flexibility index (Phi) is 12.3. The maximum absolute atomic E-state index is 6.73. The molecule has 8 heterocycles. The van der Waals surface area contributed by atoms with Gasteiger partial charge in [0.25, 0.3) is 0 Å². The maximum atomic E-state index is 6.73. The fourth-order valence-electron chi connectivity index (χ4n) is 10.1. The first kappa shape index (κ1) is 46.0. The Hall–Kier alpha value is -6.40. The first-order valence-electron chi connectivity index (χ1n) is 23.6. The van der Waals surface area contributed by atoms with E-state index in [1.54, 1.807) is 0 Å². The molecule has 344 valence electrons. The van der Waals surface area contributed by atoms with Crippen molar-refractivity contribution in [3.63, 3.8) is 0 Å². The van der Waals surface area contributed by atoms with Crippen LogP contribution in [0.2, 0.25) is 0 Å². The number of hydrogen-bond acceptors (Lipinski definition) is 8. The number of ether oxygens (including phenoxy) is 6. The molecule has 0 saturated carbocycles.